The Morgan fingerprint density at radius 1 is 1.13 bits per heavy atom. The minimum Gasteiger partial charge on any atom is -0.444 e. The average Bonchev–Trinajstić information content (AvgIpc) is 3.37. The maximum Gasteiger partial charge on any atom is 0.410 e. The first-order valence-electron chi connectivity index (χ1n) is 11.4. The van der Waals surface area contributed by atoms with Crippen molar-refractivity contribution in [1.29, 1.82) is 0 Å². The molecule has 2 aromatic rings. The zero-order chi connectivity index (χ0) is 22.0. The van der Waals surface area contributed by atoms with Crippen LogP contribution in [0.2, 0.25) is 0 Å². The number of piperidine rings is 1. The Morgan fingerprint density at radius 2 is 1.90 bits per heavy atom. The number of nitrogens with zero attached hydrogens (tertiary/aromatic N) is 4. The summed E-state index contributed by atoms with van der Waals surface area (Å²) in [5, 5.41) is 4.26. The maximum atomic E-state index is 12.8. The lowest BCUT2D eigenvalue weighted by Gasteiger charge is -2.41. The standard InChI is InChI=1S/C24H34N4O3/c1-17-10-5-6-11-18(17)22-25-21(26-31-22)16-27-14-8-7-12-19(27)20-13-9-15-28(20)23(29)30-24(2,3)4/h5-6,10-11,19-20H,7-9,12-16H2,1-4H3/t19-,20-/m1/s1. The maximum absolute atomic E-state index is 12.8. The number of hydrogen-bond donors (Lipinski definition) is 0. The van der Waals surface area contributed by atoms with Crippen molar-refractivity contribution in [3.8, 4) is 11.5 Å². The number of carbonyl (C=O) groups excluding carboxylic acids is 1. The molecule has 1 aromatic heterocycles. The average molecular weight is 427 g/mol. The second-order valence-corrected chi connectivity index (χ2v) is 9.75. The van der Waals surface area contributed by atoms with Gasteiger partial charge in [0.05, 0.1) is 12.6 Å². The summed E-state index contributed by atoms with van der Waals surface area (Å²) in [7, 11) is 0. The van der Waals surface area contributed by atoms with Crippen LogP contribution in [0.5, 0.6) is 0 Å². The molecule has 7 nitrogen and oxygen atoms in total. The van der Waals surface area contributed by atoms with Gasteiger partial charge in [-0.15, -0.1) is 0 Å². The van der Waals surface area contributed by atoms with Crippen LogP contribution in [0.4, 0.5) is 4.79 Å². The number of rotatable bonds is 4. The molecule has 2 atom stereocenters. The van der Waals surface area contributed by atoms with Crippen molar-refractivity contribution in [2.45, 2.75) is 84.0 Å². The number of aromatic nitrogens is 2. The Labute approximate surface area is 184 Å². The molecule has 7 heteroatoms. The van der Waals surface area contributed by atoms with Gasteiger partial charge in [0.1, 0.15) is 5.60 Å². The molecule has 0 aliphatic carbocycles. The van der Waals surface area contributed by atoms with E-state index >= 15 is 0 Å². The molecule has 0 unspecified atom stereocenters. The highest BCUT2D eigenvalue weighted by Gasteiger charge is 2.40. The Bertz CT molecular complexity index is 904. The second-order valence-electron chi connectivity index (χ2n) is 9.75. The van der Waals surface area contributed by atoms with Gasteiger partial charge in [-0.25, -0.2) is 4.79 Å². The van der Waals surface area contributed by atoms with Gasteiger partial charge in [0.2, 0.25) is 0 Å². The van der Waals surface area contributed by atoms with Crippen molar-refractivity contribution < 1.29 is 14.1 Å². The first kappa shape index (κ1) is 21.8. The van der Waals surface area contributed by atoms with Gasteiger partial charge in [-0.3, -0.25) is 4.90 Å². The molecule has 3 heterocycles. The summed E-state index contributed by atoms with van der Waals surface area (Å²) in [6.07, 6.45) is 5.25. The number of ether oxygens (including phenoxy) is 1. The smallest absolute Gasteiger partial charge is 0.410 e. The summed E-state index contributed by atoms with van der Waals surface area (Å²) in [5.74, 6) is 1.27. The molecular weight excluding hydrogens is 392 g/mol. The molecule has 0 bridgehead atoms. The van der Waals surface area contributed by atoms with E-state index in [1.54, 1.807) is 0 Å². The van der Waals surface area contributed by atoms with E-state index < -0.39 is 5.60 Å². The second kappa shape index (κ2) is 8.99. The minimum absolute atomic E-state index is 0.179. The summed E-state index contributed by atoms with van der Waals surface area (Å²) < 4.78 is 11.3. The molecule has 2 saturated heterocycles. The summed E-state index contributed by atoms with van der Waals surface area (Å²) >= 11 is 0. The third-order valence-corrected chi connectivity index (χ3v) is 6.22. The van der Waals surface area contributed by atoms with Crippen molar-refractivity contribution >= 4 is 6.09 Å². The fourth-order valence-electron chi connectivity index (χ4n) is 4.81. The molecule has 2 aliphatic rings. The van der Waals surface area contributed by atoms with Gasteiger partial charge in [0.15, 0.2) is 5.82 Å². The number of carbonyl (C=O) groups is 1. The van der Waals surface area contributed by atoms with Crippen molar-refractivity contribution in [1.82, 2.24) is 19.9 Å². The highest BCUT2D eigenvalue weighted by Crippen LogP contribution is 2.31. The van der Waals surface area contributed by atoms with Gasteiger partial charge in [0, 0.05) is 18.2 Å². The molecule has 0 radical (unpaired) electrons. The van der Waals surface area contributed by atoms with Crippen LogP contribution < -0.4 is 0 Å². The van der Waals surface area contributed by atoms with E-state index in [1.165, 1.54) is 6.42 Å². The van der Waals surface area contributed by atoms with E-state index in [0.717, 1.165) is 49.9 Å². The number of aryl methyl sites for hydroxylation is 1. The van der Waals surface area contributed by atoms with E-state index in [1.807, 2.05) is 56.9 Å². The van der Waals surface area contributed by atoms with Gasteiger partial charge in [0.25, 0.3) is 5.89 Å². The lowest BCUT2D eigenvalue weighted by molar-refractivity contribution is 0.00600. The largest absolute Gasteiger partial charge is 0.444 e. The molecule has 0 spiro atoms. The van der Waals surface area contributed by atoms with E-state index in [0.29, 0.717) is 24.3 Å². The lowest BCUT2D eigenvalue weighted by Crippen LogP contribution is -2.53. The third kappa shape index (κ3) is 5.09. The molecule has 1 aromatic carbocycles. The molecule has 2 fully saturated rings. The fraction of sp³-hybridized carbons (Fsp3) is 0.625. The lowest BCUT2D eigenvalue weighted by atomic mass is 9.94. The van der Waals surface area contributed by atoms with Gasteiger partial charge in [-0.05, 0) is 71.6 Å². The van der Waals surface area contributed by atoms with Crippen LogP contribution >= 0.6 is 0 Å². The zero-order valence-corrected chi connectivity index (χ0v) is 19.1. The Balaban J connectivity index is 1.48. The number of likely N-dealkylation sites (tertiary alicyclic amines) is 2. The Morgan fingerprint density at radius 3 is 2.68 bits per heavy atom. The van der Waals surface area contributed by atoms with Crippen LogP contribution in [0.25, 0.3) is 11.5 Å². The molecule has 0 saturated carbocycles. The van der Waals surface area contributed by atoms with E-state index in [4.69, 9.17) is 9.26 Å². The van der Waals surface area contributed by atoms with Crippen LogP contribution in [-0.4, -0.2) is 56.8 Å². The number of benzene rings is 1. The number of amides is 1. The van der Waals surface area contributed by atoms with Gasteiger partial charge in [-0.2, -0.15) is 4.98 Å². The van der Waals surface area contributed by atoms with E-state index in [9.17, 15) is 4.79 Å². The number of hydrogen-bond acceptors (Lipinski definition) is 6. The van der Waals surface area contributed by atoms with Crippen molar-refractivity contribution in [3.05, 3.63) is 35.7 Å². The monoisotopic (exact) mass is 426 g/mol. The Kier molecular flexibility index (Phi) is 6.32. The highest BCUT2D eigenvalue weighted by molar-refractivity contribution is 5.69. The quantitative estimate of drug-likeness (QED) is 0.699. The van der Waals surface area contributed by atoms with Gasteiger partial charge < -0.3 is 14.2 Å². The fourth-order valence-corrected chi connectivity index (χ4v) is 4.81. The molecule has 0 N–H and O–H groups in total. The van der Waals surface area contributed by atoms with Crippen LogP contribution in [0, 0.1) is 6.92 Å². The summed E-state index contributed by atoms with van der Waals surface area (Å²) in [6, 6.07) is 8.52. The Hall–Kier alpha value is -2.41. The molecule has 2 aliphatic heterocycles. The predicted molar refractivity (Wildman–Crippen MR) is 118 cm³/mol. The summed E-state index contributed by atoms with van der Waals surface area (Å²) in [5.41, 5.74) is 1.61. The van der Waals surface area contributed by atoms with Crippen molar-refractivity contribution in [2.75, 3.05) is 13.1 Å². The first-order chi connectivity index (χ1) is 14.8. The molecular formula is C24H34N4O3. The minimum atomic E-state index is -0.479. The topological polar surface area (TPSA) is 71.7 Å². The van der Waals surface area contributed by atoms with Crippen LogP contribution in [0.3, 0.4) is 0 Å². The summed E-state index contributed by atoms with van der Waals surface area (Å²) in [4.78, 5) is 21.9. The van der Waals surface area contributed by atoms with Gasteiger partial charge >= 0.3 is 6.09 Å². The van der Waals surface area contributed by atoms with Crippen LogP contribution in [0.15, 0.2) is 28.8 Å². The first-order valence-corrected chi connectivity index (χ1v) is 11.4. The van der Waals surface area contributed by atoms with Gasteiger partial charge in [-0.1, -0.05) is 29.8 Å². The zero-order valence-electron chi connectivity index (χ0n) is 19.1. The molecule has 1 amide bonds. The third-order valence-electron chi connectivity index (χ3n) is 6.22. The SMILES string of the molecule is Cc1ccccc1-c1nc(CN2CCCC[C@@H]2[C@H]2CCCN2C(=O)OC(C)(C)C)no1. The molecule has 31 heavy (non-hydrogen) atoms. The van der Waals surface area contributed by atoms with E-state index in [2.05, 4.69) is 15.0 Å². The van der Waals surface area contributed by atoms with Crippen LogP contribution in [0.1, 0.15) is 64.3 Å². The van der Waals surface area contributed by atoms with Crippen molar-refractivity contribution in [3.63, 3.8) is 0 Å². The van der Waals surface area contributed by atoms with Crippen LogP contribution in [-0.2, 0) is 11.3 Å². The van der Waals surface area contributed by atoms with Crippen molar-refractivity contribution in [2.24, 2.45) is 0 Å². The normalized spacial score (nSPS) is 22.6. The summed E-state index contributed by atoms with van der Waals surface area (Å²) in [6.45, 7) is 10.2. The highest BCUT2D eigenvalue weighted by atomic mass is 16.6. The van der Waals surface area contributed by atoms with E-state index in [-0.39, 0.29) is 12.1 Å². The predicted octanol–water partition coefficient (Wildman–Crippen LogP) is 4.80. The molecule has 4 rings (SSSR count). The molecule has 168 valence electrons.